The third-order valence-electron chi connectivity index (χ3n) is 15.9. The lowest BCUT2D eigenvalue weighted by Gasteiger charge is -2.29. The van der Waals surface area contributed by atoms with Gasteiger partial charge in [-0.1, -0.05) is 84.9 Å². The fraction of sp³-hybridized carbons (Fsp3) is 0.231. The van der Waals surface area contributed by atoms with Crippen LogP contribution in [0, 0.1) is 0 Å². The van der Waals surface area contributed by atoms with Gasteiger partial charge in [-0.05, 0) is 111 Å². The minimum absolute atomic E-state index is 0.442. The van der Waals surface area contributed by atoms with Crippen LogP contribution in [0.25, 0.3) is 44.6 Å². The Morgan fingerprint density at radius 2 is 0.531 bits per heavy atom. The Morgan fingerprint density at radius 3 is 0.766 bits per heavy atom. The quantitative estimate of drug-likeness (QED) is 0.143. The average Bonchev–Trinajstić information content (AvgIpc) is 4.16. The average molecular weight is 836 g/mol. The molecule has 0 atom stereocenters. The normalized spacial score (nSPS) is 21.6. The van der Waals surface area contributed by atoms with E-state index in [0.717, 1.165) is 112 Å². The van der Waals surface area contributed by atoms with Gasteiger partial charge in [-0.3, -0.25) is 0 Å². The van der Waals surface area contributed by atoms with Gasteiger partial charge in [0.15, 0.2) is 0 Å². The minimum Gasteiger partial charge on any atom is -0.522 e. The van der Waals surface area contributed by atoms with Crippen LogP contribution in [0.5, 0.6) is 0 Å². The highest BCUT2D eigenvalue weighted by Gasteiger charge is 2.57. The summed E-state index contributed by atoms with van der Waals surface area (Å²) in [7, 11) is -2.58. The van der Waals surface area contributed by atoms with E-state index < -0.39 is 50.1 Å². The Labute approximate surface area is 372 Å². The van der Waals surface area contributed by atoms with E-state index in [-0.39, 0.29) is 0 Å². The molecule has 8 nitrogen and oxygen atoms in total. The first-order chi connectivity index (χ1) is 30.7. The van der Waals surface area contributed by atoms with Crippen LogP contribution in [-0.4, -0.2) is 28.5 Å². The van der Waals surface area contributed by atoms with Gasteiger partial charge in [0, 0.05) is 65.8 Å². The Morgan fingerprint density at radius 1 is 0.297 bits per heavy atom. The van der Waals surface area contributed by atoms with Crippen LogP contribution in [0.1, 0.15) is 99.9 Å². The van der Waals surface area contributed by atoms with Crippen molar-refractivity contribution in [3.05, 3.63) is 165 Å². The fourth-order valence-corrected chi connectivity index (χ4v) is 12.4. The van der Waals surface area contributed by atoms with E-state index in [1.165, 1.54) is 22.3 Å². The summed E-state index contributed by atoms with van der Waals surface area (Å²) in [6.45, 7) is 17.8. The second-order valence-corrected chi connectivity index (χ2v) is 20.9. The van der Waals surface area contributed by atoms with Crippen molar-refractivity contribution in [3.8, 4) is 0 Å². The van der Waals surface area contributed by atoms with Crippen LogP contribution in [0.15, 0.2) is 120 Å². The van der Waals surface area contributed by atoms with Gasteiger partial charge < -0.3 is 37.2 Å². The molecule has 5 heterocycles. The van der Waals surface area contributed by atoms with E-state index in [9.17, 15) is 0 Å². The zero-order valence-electron chi connectivity index (χ0n) is 36.8. The zero-order valence-corrected chi connectivity index (χ0v) is 36.8. The van der Waals surface area contributed by atoms with E-state index in [2.05, 4.69) is 152 Å². The molecule has 0 fully saturated rings. The topological polar surface area (TPSA) is 73.8 Å². The highest BCUT2D eigenvalue weighted by molar-refractivity contribution is 6.71. The first-order valence-electron chi connectivity index (χ1n) is 22.5. The monoisotopic (exact) mass is 836 g/mol. The number of rotatable bonds is 0. The molecule has 15 rings (SSSR count). The minimum atomic E-state index is -0.646. The summed E-state index contributed by atoms with van der Waals surface area (Å²) >= 11 is 0. The van der Waals surface area contributed by atoms with Crippen LogP contribution in [0.4, 0.5) is 0 Å². The van der Waals surface area contributed by atoms with E-state index in [1.54, 1.807) is 0 Å². The fourth-order valence-electron chi connectivity index (χ4n) is 12.4. The van der Waals surface area contributed by atoms with Gasteiger partial charge in [0.25, 0.3) is 0 Å². The zero-order chi connectivity index (χ0) is 43.1. The predicted molar refractivity (Wildman–Crippen MR) is 251 cm³/mol. The molecule has 0 spiro atoms. The Kier molecular flexibility index (Phi) is 6.18. The maximum Gasteiger partial charge on any atom is 0.633 e. The van der Waals surface area contributed by atoms with Crippen molar-refractivity contribution in [3.63, 3.8) is 0 Å². The highest BCUT2D eigenvalue weighted by Crippen LogP contribution is 2.59. The maximum absolute atomic E-state index is 6.96. The first-order valence-corrected chi connectivity index (χ1v) is 22.5. The lowest BCUT2D eigenvalue weighted by molar-refractivity contribution is 0.337. The molecule has 6 aromatic carbocycles. The number of hydrogen-bond acceptors (Lipinski definition) is 8. The summed E-state index contributed by atoms with van der Waals surface area (Å²) in [5, 5.41) is 4.08. The molecule has 4 aliphatic carbocycles. The molecule has 9 aliphatic rings. The van der Waals surface area contributed by atoms with Crippen LogP contribution in [0.2, 0.25) is 0 Å². The van der Waals surface area contributed by atoms with E-state index in [1.807, 2.05) is 0 Å². The summed E-state index contributed by atoms with van der Waals surface area (Å²) in [5.74, 6) is 6.43. The number of hydrogen-bond donors (Lipinski definition) is 0. The molecular weight excluding hydrogens is 796 g/mol. The second kappa shape index (κ2) is 11.0. The van der Waals surface area contributed by atoms with Gasteiger partial charge in [0.05, 0.1) is 0 Å². The van der Waals surface area contributed by atoms with Crippen LogP contribution in [0.3, 0.4) is 0 Å². The molecule has 0 radical (unpaired) electrons. The summed E-state index contributed by atoms with van der Waals surface area (Å²) in [5.41, 5.74) is 10.7. The third-order valence-corrected chi connectivity index (χ3v) is 15.9. The van der Waals surface area contributed by atoms with Crippen molar-refractivity contribution in [2.45, 2.75) is 77.0 Å². The Bertz CT molecular complexity index is 3010. The summed E-state index contributed by atoms with van der Waals surface area (Å²) in [6.07, 6.45) is 0. The standard InChI is InChI=1S/C52H40B4O8/c1-49(2)33-23-34-30-21-29(33)41-45(49)61-53(57-41)37-17-18-38(26-14-10-9-13-25(26)37)55-59-43-31-22-32-36(24-35(31)51(5,6)47(43)63-55)52(7,8)48-44(32)60-56(64-48)40-20-19-39(27-15-11-12-16-28(27)40)54-58-42(30)46(62-54)50(34,3)4/h9-24H,1-8H3. The lowest BCUT2D eigenvalue weighted by atomic mass is 9.69. The summed E-state index contributed by atoms with van der Waals surface area (Å²) < 4.78 is 55.6. The molecule has 0 saturated carbocycles. The van der Waals surface area contributed by atoms with Crippen molar-refractivity contribution in [1.82, 2.24) is 0 Å². The summed E-state index contributed by atoms with van der Waals surface area (Å²) in [6, 6.07) is 34.3. The SMILES string of the molecule is CC1(C)C2=C3OB(O2)c2ccc(c4ccccc24)B2OC4=C(O2)C(C)(C)c2cc5c(cc24)C2=C(OB(O2)c2ccc(c4ccccc24)B2OC4=C(O2)C(C)(C)c2cc1c3cc24)C5(C)C. The van der Waals surface area contributed by atoms with E-state index >= 15 is 0 Å². The molecule has 5 aliphatic heterocycles. The van der Waals surface area contributed by atoms with Gasteiger partial charge in [-0.2, -0.15) is 0 Å². The second-order valence-electron chi connectivity index (χ2n) is 20.9. The van der Waals surface area contributed by atoms with Crippen LogP contribution >= 0.6 is 0 Å². The third kappa shape index (κ3) is 4.05. The number of fused-ring (bicyclic) bond motifs is 20. The molecule has 0 amide bonds. The summed E-state index contributed by atoms with van der Waals surface area (Å²) in [4.78, 5) is 0. The molecular formula is C52H40B4O8. The smallest absolute Gasteiger partial charge is 0.522 e. The lowest BCUT2D eigenvalue weighted by Crippen LogP contribution is -2.40. The molecule has 12 heteroatoms. The van der Waals surface area contributed by atoms with Gasteiger partial charge in [-0.15, -0.1) is 0 Å². The van der Waals surface area contributed by atoms with Gasteiger partial charge in [-0.25, -0.2) is 0 Å². The van der Waals surface area contributed by atoms with Crippen molar-refractivity contribution < 1.29 is 37.2 Å². The van der Waals surface area contributed by atoms with Gasteiger partial charge >= 0.3 is 28.5 Å². The van der Waals surface area contributed by atoms with Crippen molar-refractivity contribution >= 4 is 94.9 Å². The van der Waals surface area contributed by atoms with E-state index in [4.69, 9.17) is 37.2 Å². The molecule has 64 heavy (non-hydrogen) atoms. The number of allylic oxidation sites excluding steroid dienone is 4. The van der Waals surface area contributed by atoms with Gasteiger partial charge in [0.2, 0.25) is 0 Å². The molecule has 0 N–H and O–H groups in total. The van der Waals surface area contributed by atoms with Crippen LogP contribution < -0.4 is 21.9 Å². The Hall–Kier alpha value is -6.54. The van der Waals surface area contributed by atoms with Gasteiger partial charge in [0.1, 0.15) is 46.1 Å². The predicted octanol–water partition coefficient (Wildman–Crippen LogP) is 7.91. The van der Waals surface area contributed by atoms with E-state index in [0.29, 0.717) is 0 Å². The molecule has 0 saturated heterocycles. The van der Waals surface area contributed by atoms with Crippen molar-refractivity contribution in [1.29, 1.82) is 0 Å². The molecule has 0 aromatic heterocycles. The highest BCUT2D eigenvalue weighted by atomic mass is 16.6. The molecule has 16 bridgehead atoms. The number of benzene rings is 6. The molecule has 308 valence electrons. The largest absolute Gasteiger partial charge is 0.633 e. The van der Waals surface area contributed by atoms with Crippen molar-refractivity contribution in [2.24, 2.45) is 0 Å². The Balaban J connectivity index is 0.917. The van der Waals surface area contributed by atoms with Crippen LogP contribution in [-0.2, 0) is 58.9 Å². The molecule has 0 unspecified atom stereocenters. The first kappa shape index (κ1) is 35.9. The molecule has 6 aromatic rings. The maximum atomic E-state index is 6.96. The van der Waals surface area contributed by atoms with Crippen molar-refractivity contribution in [2.75, 3.05) is 0 Å².